The normalized spacial score (nSPS) is 11.1. The van der Waals surface area contributed by atoms with Gasteiger partial charge in [0.2, 0.25) is 0 Å². The molecule has 24 heavy (non-hydrogen) atoms. The van der Waals surface area contributed by atoms with Crippen LogP contribution in [-0.2, 0) is 32.1 Å². The van der Waals surface area contributed by atoms with E-state index in [1.54, 1.807) is 0 Å². The molecule has 124 valence electrons. The number of aryl methyl sites for hydroxylation is 4. The minimum Gasteiger partial charge on any atom is -0.316 e. The summed E-state index contributed by atoms with van der Waals surface area (Å²) in [4.78, 5) is 6.10. The smallest absolute Gasteiger partial charge is 0.0761 e. The summed E-state index contributed by atoms with van der Waals surface area (Å²) in [7, 11) is 0. The van der Waals surface area contributed by atoms with Crippen LogP contribution in [-0.4, -0.2) is 9.38 Å². The second kappa shape index (κ2) is 7.19. The van der Waals surface area contributed by atoms with E-state index in [1.807, 2.05) is 23.7 Å². The molecule has 3 nitrogen and oxygen atoms in total. The highest BCUT2D eigenvalue weighted by molar-refractivity contribution is 7.10. The molecule has 0 atom stereocenters. The molecule has 3 aromatic rings. The van der Waals surface area contributed by atoms with E-state index in [4.69, 9.17) is 5.26 Å². The third kappa shape index (κ3) is 2.97. The van der Waals surface area contributed by atoms with Gasteiger partial charge in [-0.3, -0.25) is 4.98 Å². The lowest BCUT2D eigenvalue weighted by atomic mass is 10.1. The largest absolute Gasteiger partial charge is 0.316 e. The number of hydrogen-bond acceptors (Lipinski definition) is 3. The Balaban J connectivity index is 1.98. The molecule has 0 saturated carbocycles. The molecule has 0 bridgehead atoms. The predicted octanol–water partition coefficient (Wildman–Crippen LogP) is 4.68. The van der Waals surface area contributed by atoms with Gasteiger partial charge in [0.1, 0.15) is 0 Å². The van der Waals surface area contributed by atoms with Crippen molar-refractivity contribution in [2.75, 3.05) is 0 Å². The van der Waals surface area contributed by atoms with Gasteiger partial charge in [-0.15, -0.1) is 11.3 Å². The van der Waals surface area contributed by atoms with Crippen molar-refractivity contribution in [1.82, 2.24) is 9.38 Å². The average Bonchev–Trinajstić information content (AvgIpc) is 3.17. The molecule has 0 aliphatic carbocycles. The van der Waals surface area contributed by atoms with Crippen molar-refractivity contribution >= 4 is 16.9 Å². The highest BCUT2D eigenvalue weighted by atomic mass is 32.1. The van der Waals surface area contributed by atoms with Crippen LogP contribution in [0.1, 0.15) is 46.8 Å². The van der Waals surface area contributed by atoms with Crippen LogP contribution in [0.5, 0.6) is 0 Å². The van der Waals surface area contributed by atoms with Crippen molar-refractivity contribution in [3.63, 3.8) is 0 Å². The lowest BCUT2D eigenvalue weighted by Crippen LogP contribution is -2.00. The van der Waals surface area contributed by atoms with Crippen LogP contribution in [0.15, 0.2) is 23.8 Å². The molecular formula is C20H23N3S. The van der Waals surface area contributed by atoms with E-state index in [-0.39, 0.29) is 0 Å². The van der Waals surface area contributed by atoms with Crippen LogP contribution in [0.3, 0.4) is 0 Å². The molecule has 0 aliphatic rings. The summed E-state index contributed by atoms with van der Waals surface area (Å²) in [5, 5.41) is 11.4. The Kier molecular flexibility index (Phi) is 5.01. The topological polar surface area (TPSA) is 41.1 Å². The molecule has 0 radical (unpaired) electrons. The van der Waals surface area contributed by atoms with Crippen molar-refractivity contribution in [3.05, 3.63) is 56.8 Å². The zero-order valence-corrected chi connectivity index (χ0v) is 15.4. The Morgan fingerprint density at radius 2 is 2.08 bits per heavy atom. The summed E-state index contributed by atoms with van der Waals surface area (Å²) in [5.74, 6) is 0. The van der Waals surface area contributed by atoms with E-state index in [9.17, 15) is 0 Å². The van der Waals surface area contributed by atoms with Crippen LogP contribution < -0.4 is 0 Å². The molecule has 0 fully saturated rings. The second-order valence-corrected chi connectivity index (χ2v) is 7.10. The van der Waals surface area contributed by atoms with Crippen molar-refractivity contribution in [1.29, 1.82) is 5.26 Å². The molecule has 3 heterocycles. The van der Waals surface area contributed by atoms with Gasteiger partial charge in [0.15, 0.2) is 0 Å². The number of nitrogens with zero attached hydrogens (tertiary/aromatic N) is 3. The fourth-order valence-electron chi connectivity index (χ4n) is 3.43. The molecule has 0 unspecified atom stereocenters. The number of hydrogen-bond donors (Lipinski definition) is 0. The van der Waals surface area contributed by atoms with Gasteiger partial charge in [-0.1, -0.05) is 13.8 Å². The van der Waals surface area contributed by atoms with Crippen LogP contribution >= 0.6 is 11.3 Å². The summed E-state index contributed by atoms with van der Waals surface area (Å²) in [6.45, 7) is 6.51. The maximum atomic E-state index is 9.16. The lowest BCUT2D eigenvalue weighted by molar-refractivity contribution is 0.907. The van der Waals surface area contributed by atoms with Crippen LogP contribution in [0.2, 0.25) is 0 Å². The monoisotopic (exact) mass is 337 g/mol. The summed E-state index contributed by atoms with van der Waals surface area (Å²) < 4.78 is 2.19. The summed E-state index contributed by atoms with van der Waals surface area (Å²) in [6.07, 6.45) is 8.35. The van der Waals surface area contributed by atoms with Crippen molar-refractivity contribution in [2.24, 2.45) is 0 Å². The molecule has 0 aromatic carbocycles. The van der Waals surface area contributed by atoms with Gasteiger partial charge in [-0.05, 0) is 60.7 Å². The maximum Gasteiger partial charge on any atom is 0.0761 e. The number of thiophene rings is 1. The zero-order valence-electron chi connectivity index (χ0n) is 14.6. The summed E-state index contributed by atoms with van der Waals surface area (Å²) in [6, 6.07) is 4.62. The van der Waals surface area contributed by atoms with Crippen molar-refractivity contribution < 1.29 is 0 Å². The minimum atomic E-state index is 0.446. The van der Waals surface area contributed by atoms with Gasteiger partial charge in [-0.25, -0.2) is 0 Å². The van der Waals surface area contributed by atoms with Gasteiger partial charge in [0.25, 0.3) is 0 Å². The van der Waals surface area contributed by atoms with E-state index in [0.717, 1.165) is 37.1 Å². The van der Waals surface area contributed by atoms with Gasteiger partial charge in [0, 0.05) is 23.0 Å². The number of rotatable bonds is 6. The molecule has 0 saturated heterocycles. The quantitative estimate of drug-likeness (QED) is 0.655. The predicted molar refractivity (Wildman–Crippen MR) is 99.7 cm³/mol. The molecular weight excluding hydrogens is 314 g/mol. The van der Waals surface area contributed by atoms with Crippen LogP contribution in [0, 0.1) is 18.3 Å². The van der Waals surface area contributed by atoms with Gasteiger partial charge >= 0.3 is 0 Å². The molecule has 4 heteroatoms. The SMILES string of the molecule is CCc1csc(CCc2nccn3c(CC#N)c(C)c(CC)c23)c1. The standard InChI is InChI=1S/C20H23N3S/c1-4-15-12-16(24-13-15)6-7-18-20-17(5-2)14(3)19(8-9-21)23(20)11-10-22-18/h10-13H,4-8H2,1-3H3. The Morgan fingerprint density at radius 1 is 1.25 bits per heavy atom. The van der Waals surface area contributed by atoms with E-state index in [1.165, 1.54) is 27.1 Å². The Labute approximate surface area is 147 Å². The minimum absolute atomic E-state index is 0.446. The fourth-order valence-corrected chi connectivity index (χ4v) is 4.41. The highest BCUT2D eigenvalue weighted by Crippen LogP contribution is 2.27. The first-order valence-electron chi connectivity index (χ1n) is 8.59. The van der Waals surface area contributed by atoms with E-state index in [2.05, 4.69) is 47.7 Å². The molecule has 0 aliphatic heterocycles. The Hall–Kier alpha value is -2.12. The van der Waals surface area contributed by atoms with Crippen molar-refractivity contribution in [3.8, 4) is 6.07 Å². The number of aromatic nitrogens is 2. The molecule has 3 rings (SSSR count). The third-order valence-corrected chi connectivity index (χ3v) is 5.79. The highest BCUT2D eigenvalue weighted by Gasteiger charge is 2.17. The van der Waals surface area contributed by atoms with E-state index >= 15 is 0 Å². The van der Waals surface area contributed by atoms with Gasteiger partial charge in [-0.2, -0.15) is 5.26 Å². The Bertz CT molecular complexity index is 896. The second-order valence-electron chi connectivity index (χ2n) is 6.11. The molecule has 0 amide bonds. The molecule has 0 N–H and O–H groups in total. The first kappa shape index (κ1) is 16.7. The third-order valence-electron chi connectivity index (χ3n) is 4.75. The number of fused-ring (bicyclic) bond motifs is 1. The maximum absolute atomic E-state index is 9.16. The van der Waals surface area contributed by atoms with Gasteiger partial charge < -0.3 is 4.40 Å². The fraction of sp³-hybridized carbons (Fsp3) is 0.400. The zero-order chi connectivity index (χ0) is 17.1. The van der Waals surface area contributed by atoms with Crippen LogP contribution in [0.25, 0.3) is 5.52 Å². The van der Waals surface area contributed by atoms with E-state index in [0.29, 0.717) is 6.42 Å². The molecule has 0 spiro atoms. The van der Waals surface area contributed by atoms with E-state index < -0.39 is 0 Å². The first-order chi connectivity index (χ1) is 11.7. The van der Waals surface area contributed by atoms with Crippen LogP contribution in [0.4, 0.5) is 0 Å². The van der Waals surface area contributed by atoms with Crippen molar-refractivity contribution in [2.45, 2.75) is 52.9 Å². The molecule has 3 aromatic heterocycles. The summed E-state index contributed by atoms with van der Waals surface area (Å²) in [5.41, 5.74) is 7.48. The summed E-state index contributed by atoms with van der Waals surface area (Å²) >= 11 is 1.85. The first-order valence-corrected chi connectivity index (χ1v) is 9.47. The lowest BCUT2D eigenvalue weighted by Gasteiger charge is -2.06. The average molecular weight is 337 g/mol. The van der Waals surface area contributed by atoms with Gasteiger partial charge in [0.05, 0.1) is 23.7 Å². The number of nitriles is 1. The Morgan fingerprint density at radius 3 is 2.75 bits per heavy atom.